The highest BCUT2D eigenvalue weighted by Gasteiger charge is 2.21. The molecular weight excluding hydrogens is 190 g/mol. The Morgan fingerprint density at radius 2 is 2.47 bits per heavy atom. The van der Waals surface area contributed by atoms with Gasteiger partial charge < -0.3 is 15.4 Å². The van der Waals surface area contributed by atoms with Crippen molar-refractivity contribution < 1.29 is 4.74 Å². The fourth-order valence-electron chi connectivity index (χ4n) is 2.00. The van der Waals surface area contributed by atoms with Crippen LogP contribution in [0.3, 0.4) is 0 Å². The Morgan fingerprint density at radius 1 is 1.60 bits per heavy atom. The number of nitrogens with two attached hydrogens (primary N) is 1. The zero-order valence-corrected chi connectivity index (χ0v) is 9.02. The molecule has 0 aromatic carbocycles. The molecule has 15 heavy (non-hydrogen) atoms. The number of nitrogen functional groups attached to an aromatic ring is 1. The molecule has 4 heteroatoms. The quantitative estimate of drug-likeness (QED) is 0.793. The maximum absolute atomic E-state index is 5.89. The van der Waals surface area contributed by atoms with E-state index in [-0.39, 0.29) is 0 Å². The summed E-state index contributed by atoms with van der Waals surface area (Å²) in [6.07, 6.45) is 4.34. The van der Waals surface area contributed by atoms with Crippen LogP contribution in [0.2, 0.25) is 0 Å². The summed E-state index contributed by atoms with van der Waals surface area (Å²) in [6.45, 7) is 1.90. The molecule has 0 radical (unpaired) electrons. The lowest BCUT2D eigenvalue weighted by Gasteiger charge is -2.33. The van der Waals surface area contributed by atoms with Gasteiger partial charge in [0, 0.05) is 26.4 Å². The minimum absolute atomic E-state index is 0.306. The molecule has 1 aromatic heterocycles. The van der Waals surface area contributed by atoms with Crippen molar-refractivity contribution in [1.29, 1.82) is 0 Å². The minimum Gasteiger partial charge on any atom is -0.396 e. The average Bonchev–Trinajstić information content (AvgIpc) is 2.30. The summed E-state index contributed by atoms with van der Waals surface area (Å²) in [6, 6.07) is 3.75. The van der Waals surface area contributed by atoms with Gasteiger partial charge in [0.1, 0.15) is 0 Å². The molecule has 0 bridgehead atoms. The van der Waals surface area contributed by atoms with Crippen LogP contribution in [-0.2, 0) is 4.74 Å². The molecule has 1 aliphatic heterocycles. The minimum atomic E-state index is 0.306. The number of methoxy groups -OCH3 is 1. The number of rotatable bonds is 2. The van der Waals surface area contributed by atoms with Crippen LogP contribution in [0.15, 0.2) is 18.3 Å². The van der Waals surface area contributed by atoms with E-state index in [2.05, 4.69) is 9.88 Å². The molecule has 0 aliphatic carbocycles. The van der Waals surface area contributed by atoms with Gasteiger partial charge >= 0.3 is 0 Å². The van der Waals surface area contributed by atoms with Gasteiger partial charge in [0.05, 0.1) is 11.8 Å². The topological polar surface area (TPSA) is 51.4 Å². The summed E-state index contributed by atoms with van der Waals surface area (Å²) < 4.78 is 5.37. The number of hydrogen-bond donors (Lipinski definition) is 1. The Labute approximate surface area is 90.0 Å². The predicted molar refractivity (Wildman–Crippen MR) is 60.9 cm³/mol. The van der Waals surface area contributed by atoms with Gasteiger partial charge in [0.15, 0.2) is 5.82 Å². The van der Waals surface area contributed by atoms with E-state index in [4.69, 9.17) is 10.5 Å². The van der Waals surface area contributed by atoms with Gasteiger partial charge in [-0.05, 0) is 25.0 Å². The van der Waals surface area contributed by atoms with Gasteiger partial charge in [-0.1, -0.05) is 0 Å². The third kappa shape index (κ3) is 2.21. The second-order valence-corrected chi connectivity index (χ2v) is 3.86. The Hall–Kier alpha value is -1.29. The fraction of sp³-hybridized carbons (Fsp3) is 0.545. The third-order valence-electron chi connectivity index (χ3n) is 2.83. The number of anilines is 2. The summed E-state index contributed by atoms with van der Waals surface area (Å²) in [5.74, 6) is 0.888. The molecule has 2 rings (SSSR count). The maximum atomic E-state index is 5.89. The number of ether oxygens (including phenoxy) is 1. The first kappa shape index (κ1) is 10.2. The molecular formula is C11H17N3O. The Kier molecular flexibility index (Phi) is 3.06. The Morgan fingerprint density at radius 3 is 3.20 bits per heavy atom. The molecule has 2 N–H and O–H groups in total. The molecule has 0 unspecified atom stereocenters. The Balaban J connectivity index is 2.13. The summed E-state index contributed by atoms with van der Waals surface area (Å²) in [5, 5.41) is 0. The van der Waals surface area contributed by atoms with Crippen LogP contribution in [0.25, 0.3) is 0 Å². The zero-order chi connectivity index (χ0) is 10.7. The van der Waals surface area contributed by atoms with Crippen molar-refractivity contribution in [3.63, 3.8) is 0 Å². The van der Waals surface area contributed by atoms with Crippen LogP contribution in [0, 0.1) is 0 Å². The summed E-state index contributed by atoms with van der Waals surface area (Å²) in [5.41, 5.74) is 6.64. The normalized spacial score (nSPS) is 21.7. The Bertz CT molecular complexity index is 329. The van der Waals surface area contributed by atoms with Crippen molar-refractivity contribution in [2.75, 3.05) is 30.8 Å². The summed E-state index contributed by atoms with van der Waals surface area (Å²) in [4.78, 5) is 6.52. The second kappa shape index (κ2) is 4.49. The number of aromatic nitrogens is 1. The smallest absolute Gasteiger partial charge is 0.151 e. The van der Waals surface area contributed by atoms with Crippen molar-refractivity contribution in [2.24, 2.45) is 0 Å². The van der Waals surface area contributed by atoms with E-state index in [0.717, 1.165) is 37.4 Å². The van der Waals surface area contributed by atoms with Crippen molar-refractivity contribution in [3.8, 4) is 0 Å². The number of piperidine rings is 1. The first-order valence-electron chi connectivity index (χ1n) is 5.29. The molecule has 82 valence electrons. The van der Waals surface area contributed by atoms with E-state index in [0.29, 0.717) is 6.10 Å². The first-order valence-corrected chi connectivity index (χ1v) is 5.29. The van der Waals surface area contributed by atoms with Crippen LogP contribution in [0.5, 0.6) is 0 Å². The number of pyridine rings is 1. The van der Waals surface area contributed by atoms with Crippen LogP contribution in [0.4, 0.5) is 11.5 Å². The lowest BCUT2D eigenvalue weighted by Crippen LogP contribution is -2.40. The summed E-state index contributed by atoms with van der Waals surface area (Å²) >= 11 is 0. The highest BCUT2D eigenvalue weighted by atomic mass is 16.5. The highest BCUT2D eigenvalue weighted by molar-refractivity contribution is 5.62. The van der Waals surface area contributed by atoms with Crippen molar-refractivity contribution >= 4 is 11.5 Å². The maximum Gasteiger partial charge on any atom is 0.151 e. The van der Waals surface area contributed by atoms with Crippen LogP contribution in [-0.4, -0.2) is 31.3 Å². The largest absolute Gasteiger partial charge is 0.396 e. The molecule has 4 nitrogen and oxygen atoms in total. The van der Waals surface area contributed by atoms with E-state index in [1.165, 1.54) is 0 Å². The van der Waals surface area contributed by atoms with E-state index in [1.54, 1.807) is 13.3 Å². The number of nitrogens with zero attached hydrogens (tertiary/aromatic N) is 2. The molecule has 1 atom stereocenters. The lowest BCUT2D eigenvalue weighted by molar-refractivity contribution is 0.0892. The van der Waals surface area contributed by atoms with Gasteiger partial charge in [-0.15, -0.1) is 0 Å². The second-order valence-electron chi connectivity index (χ2n) is 3.86. The molecule has 0 saturated carbocycles. The molecule has 1 aliphatic rings. The predicted octanol–water partition coefficient (Wildman–Crippen LogP) is 1.28. The van der Waals surface area contributed by atoms with Crippen molar-refractivity contribution in [3.05, 3.63) is 18.3 Å². The SMILES string of the molecule is CO[C@@H]1CCCN(c2ncccc2N)C1. The standard InChI is InChI=1S/C11H17N3O/c1-15-9-4-3-7-14(8-9)11-10(12)5-2-6-13-11/h2,5-6,9H,3-4,7-8,12H2,1H3/t9-/m1/s1. The van der Waals surface area contributed by atoms with E-state index < -0.39 is 0 Å². The molecule has 0 amide bonds. The zero-order valence-electron chi connectivity index (χ0n) is 9.02. The third-order valence-corrected chi connectivity index (χ3v) is 2.83. The summed E-state index contributed by atoms with van der Waals surface area (Å²) in [7, 11) is 1.76. The van der Waals surface area contributed by atoms with E-state index in [1.807, 2.05) is 12.1 Å². The monoisotopic (exact) mass is 207 g/mol. The van der Waals surface area contributed by atoms with Gasteiger partial charge in [0.2, 0.25) is 0 Å². The molecule has 1 fully saturated rings. The van der Waals surface area contributed by atoms with Gasteiger partial charge in [-0.2, -0.15) is 0 Å². The average molecular weight is 207 g/mol. The van der Waals surface area contributed by atoms with Crippen molar-refractivity contribution in [1.82, 2.24) is 4.98 Å². The van der Waals surface area contributed by atoms with Crippen LogP contribution < -0.4 is 10.6 Å². The molecule has 1 saturated heterocycles. The molecule has 2 heterocycles. The van der Waals surface area contributed by atoms with Gasteiger partial charge in [0.25, 0.3) is 0 Å². The van der Waals surface area contributed by atoms with Crippen LogP contribution in [0.1, 0.15) is 12.8 Å². The highest BCUT2D eigenvalue weighted by Crippen LogP contribution is 2.23. The van der Waals surface area contributed by atoms with Gasteiger partial charge in [-0.25, -0.2) is 4.98 Å². The van der Waals surface area contributed by atoms with Gasteiger partial charge in [-0.3, -0.25) is 0 Å². The number of hydrogen-bond acceptors (Lipinski definition) is 4. The van der Waals surface area contributed by atoms with E-state index in [9.17, 15) is 0 Å². The molecule has 0 spiro atoms. The lowest BCUT2D eigenvalue weighted by atomic mass is 10.1. The molecule has 1 aromatic rings. The first-order chi connectivity index (χ1) is 7.31. The fourth-order valence-corrected chi connectivity index (χ4v) is 2.00. The van der Waals surface area contributed by atoms with E-state index >= 15 is 0 Å². The van der Waals surface area contributed by atoms with Crippen molar-refractivity contribution in [2.45, 2.75) is 18.9 Å². The van der Waals surface area contributed by atoms with Crippen LogP contribution >= 0.6 is 0 Å².